The number of methoxy groups -OCH3 is 1. The van der Waals surface area contributed by atoms with Crippen LogP contribution >= 0.6 is 0 Å². The monoisotopic (exact) mass is 439 g/mol. The number of H-pyrrole nitrogens is 1. The molecule has 10 nitrogen and oxygen atoms in total. The van der Waals surface area contributed by atoms with E-state index in [0.717, 1.165) is 50.5 Å². The van der Waals surface area contributed by atoms with Crippen LogP contribution in [0.2, 0.25) is 0 Å². The Kier molecular flexibility index (Phi) is 4.09. The van der Waals surface area contributed by atoms with Crippen LogP contribution in [0.15, 0.2) is 42.7 Å². The predicted octanol–water partition coefficient (Wildman–Crippen LogP) is 4.02. The molecular formula is C23H21N9O. The molecule has 0 fully saturated rings. The third-order valence-electron chi connectivity index (χ3n) is 5.77. The summed E-state index contributed by atoms with van der Waals surface area (Å²) in [6.45, 7) is 5.71. The van der Waals surface area contributed by atoms with Crippen LogP contribution < -0.4 is 10.1 Å². The van der Waals surface area contributed by atoms with E-state index in [9.17, 15) is 0 Å². The highest BCUT2D eigenvalue weighted by molar-refractivity contribution is 6.13. The number of hydrogen-bond donors (Lipinski definition) is 2. The van der Waals surface area contributed by atoms with Gasteiger partial charge in [0, 0.05) is 11.6 Å². The number of hydrogen-bond acceptors (Lipinski definition) is 7. The Morgan fingerprint density at radius 3 is 2.64 bits per heavy atom. The Labute approximate surface area is 188 Å². The van der Waals surface area contributed by atoms with E-state index in [1.54, 1.807) is 13.3 Å². The molecule has 33 heavy (non-hydrogen) atoms. The fourth-order valence-corrected chi connectivity index (χ4v) is 4.33. The number of nitrogens with zero attached hydrogens (tertiary/aromatic N) is 7. The molecule has 0 unspecified atom stereocenters. The molecule has 10 heteroatoms. The Hall–Kier alpha value is -4.47. The highest BCUT2D eigenvalue weighted by Crippen LogP contribution is 2.37. The second-order valence-corrected chi connectivity index (χ2v) is 7.88. The molecule has 0 bridgehead atoms. The molecule has 0 saturated carbocycles. The molecule has 0 radical (unpaired) electrons. The van der Waals surface area contributed by atoms with Gasteiger partial charge in [0.25, 0.3) is 0 Å². The molecule has 164 valence electrons. The van der Waals surface area contributed by atoms with Crippen molar-refractivity contribution in [3.05, 3.63) is 60.2 Å². The average molecular weight is 439 g/mol. The first-order chi connectivity index (χ1) is 16.0. The number of aromatic amines is 1. The Morgan fingerprint density at radius 1 is 1.03 bits per heavy atom. The van der Waals surface area contributed by atoms with Crippen LogP contribution in [0.4, 0.5) is 11.5 Å². The number of rotatable bonds is 4. The second kappa shape index (κ2) is 7.02. The largest absolute Gasteiger partial charge is 0.495 e. The van der Waals surface area contributed by atoms with Crippen LogP contribution in [0.3, 0.4) is 0 Å². The summed E-state index contributed by atoms with van der Waals surface area (Å²) < 4.78 is 9.56. The van der Waals surface area contributed by atoms with Gasteiger partial charge in [-0.2, -0.15) is 5.10 Å². The van der Waals surface area contributed by atoms with E-state index in [1.165, 1.54) is 0 Å². The normalized spacial score (nSPS) is 11.6. The van der Waals surface area contributed by atoms with Gasteiger partial charge in [-0.05, 0) is 45.0 Å². The van der Waals surface area contributed by atoms with Gasteiger partial charge in [-0.15, -0.1) is 10.2 Å². The van der Waals surface area contributed by atoms with Crippen LogP contribution in [-0.4, -0.2) is 46.4 Å². The van der Waals surface area contributed by atoms with Crippen LogP contribution in [0, 0.1) is 20.8 Å². The molecule has 0 atom stereocenters. The van der Waals surface area contributed by atoms with Crippen molar-refractivity contribution in [3.8, 4) is 11.4 Å². The molecule has 6 aromatic rings. The summed E-state index contributed by atoms with van der Waals surface area (Å²) in [5, 5.41) is 18.1. The number of anilines is 2. The lowest BCUT2D eigenvalue weighted by atomic mass is 10.1. The molecule has 6 rings (SSSR count). The standard InChI is InChI=1S/C23H21N9O/c1-12-25-22-21(23(26-12)28-17-11-24-31-8-6-5-7-18(17)31)15-9-20(33-4)19(10-16(15)27-22)32-13(2)29-30-14(32)3/h5-11H,1-4H3,(H2,25,26,27,28). The number of pyridine rings is 1. The van der Waals surface area contributed by atoms with Gasteiger partial charge < -0.3 is 15.0 Å². The van der Waals surface area contributed by atoms with Crippen LogP contribution in [-0.2, 0) is 0 Å². The lowest BCUT2D eigenvalue weighted by molar-refractivity contribution is 0.413. The van der Waals surface area contributed by atoms with Crippen LogP contribution in [0.25, 0.3) is 33.1 Å². The highest BCUT2D eigenvalue weighted by Gasteiger charge is 2.19. The van der Waals surface area contributed by atoms with Gasteiger partial charge in [-0.1, -0.05) is 6.07 Å². The van der Waals surface area contributed by atoms with Crippen molar-refractivity contribution >= 4 is 39.0 Å². The lowest BCUT2D eigenvalue weighted by Gasteiger charge is -2.12. The van der Waals surface area contributed by atoms with Crippen LogP contribution in [0.5, 0.6) is 5.75 Å². The summed E-state index contributed by atoms with van der Waals surface area (Å²) in [5.41, 5.74) is 4.34. The first-order valence-corrected chi connectivity index (χ1v) is 10.5. The third-order valence-corrected chi connectivity index (χ3v) is 5.77. The van der Waals surface area contributed by atoms with Crippen molar-refractivity contribution in [3.63, 3.8) is 0 Å². The maximum absolute atomic E-state index is 5.77. The molecule has 5 aromatic heterocycles. The van der Waals surface area contributed by atoms with E-state index in [1.807, 2.05) is 66.4 Å². The summed E-state index contributed by atoms with van der Waals surface area (Å²) >= 11 is 0. The third kappa shape index (κ3) is 2.91. The van der Waals surface area contributed by atoms with Crippen molar-refractivity contribution in [2.24, 2.45) is 0 Å². The fourth-order valence-electron chi connectivity index (χ4n) is 4.33. The van der Waals surface area contributed by atoms with Gasteiger partial charge in [0.1, 0.15) is 34.7 Å². The van der Waals surface area contributed by atoms with E-state index < -0.39 is 0 Å². The van der Waals surface area contributed by atoms with E-state index in [2.05, 4.69) is 30.6 Å². The Bertz CT molecular complexity index is 1660. The van der Waals surface area contributed by atoms with Crippen LogP contribution in [0.1, 0.15) is 17.5 Å². The first kappa shape index (κ1) is 19.2. The fraction of sp³-hybridized carbons (Fsp3) is 0.174. The maximum atomic E-state index is 5.77. The number of benzene rings is 1. The van der Waals surface area contributed by atoms with Gasteiger partial charge in [0.15, 0.2) is 0 Å². The molecule has 0 saturated heterocycles. The lowest BCUT2D eigenvalue weighted by Crippen LogP contribution is -2.02. The van der Waals surface area contributed by atoms with Crippen molar-refractivity contribution in [2.75, 3.05) is 12.4 Å². The van der Waals surface area contributed by atoms with Gasteiger partial charge >= 0.3 is 0 Å². The molecule has 0 aliphatic rings. The van der Waals surface area contributed by atoms with E-state index >= 15 is 0 Å². The van der Waals surface area contributed by atoms with E-state index in [4.69, 9.17) is 9.72 Å². The molecule has 1 aromatic carbocycles. The van der Waals surface area contributed by atoms with Gasteiger partial charge in [0.2, 0.25) is 0 Å². The number of nitrogens with one attached hydrogen (secondary N) is 2. The summed E-state index contributed by atoms with van der Waals surface area (Å²) in [6.07, 6.45) is 3.71. The maximum Gasteiger partial charge on any atom is 0.144 e. The molecule has 5 heterocycles. The summed E-state index contributed by atoms with van der Waals surface area (Å²) in [7, 11) is 1.66. The molecule has 0 spiro atoms. The topological polar surface area (TPSA) is 111 Å². The van der Waals surface area contributed by atoms with Gasteiger partial charge in [-0.25, -0.2) is 14.5 Å². The summed E-state index contributed by atoms with van der Waals surface area (Å²) in [4.78, 5) is 12.8. The zero-order valence-corrected chi connectivity index (χ0v) is 18.6. The molecule has 0 aliphatic carbocycles. The zero-order valence-electron chi connectivity index (χ0n) is 18.6. The number of fused-ring (bicyclic) bond motifs is 4. The smallest absolute Gasteiger partial charge is 0.144 e. The van der Waals surface area contributed by atoms with E-state index in [0.29, 0.717) is 17.4 Å². The molecule has 0 amide bonds. The number of aryl methyl sites for hydroxylation is 3. The highest BCUT2D eigenvalue weighted by atomic mass is 16.5. The van der Waals surface area contributed by atoms with Crippen molar-refractivity contribution in [1.29, 1.82) is 0 Å². The molecular weight excluding hydrogens is 418 g/mol. The minimum absolute atomic E-state index is 0.658. The number of aromatic nitrogens is 8. The van der Waals surface area contributed by atoms with Gasteiger partial charge in [-0.3, -0.25) is 4.57 Å². The van der Waals surface area contributed by atoms with E-state index in [-0.39, 0.29) is 0 Å². The quantitative estimate of drug-likeness (QED) is 0.427. The number of ether oxygens (including phenoxy) is 1. The van der Waals surface area contributed by atoms with Crippen molar-refractivity contribution in [2.45, 2.75) is 20.8 Å². The van der Waals surface area contributed by atoms with Crippen molar-refractivity contribution in [1.82, 2.24) is 39.3 Å². The van der Waals surface area contributed by atoms with Gasteiger partial charge in [0.05, 0.1) is 41.1 Å². The Morgan fingerprint density at radius 2 is 1.85 bits per heavy atom. The minimum Gasteiger partial charge on any atom is -0.495 e. The average Bonchev–Trinajstić information content (AvgIpc) is 3.47. The summed E-state index contributed by atoms with van der Waals surface area (Å²) in [5.74, 6) is 3.64. The summed E-state index contributed by atoms with van der Waals surface area (Å²) in [6, 6.07) is 9.97. The predicted molar refractivity (Wildman–Crippen MR) is 126 cm³/mol. The molecule has 2 N–H and O–H groups in total. The zero-order chi connectivity index (χ0) is 22.7. The minimum atomic E-state index is 0.658. The first-order valence-electron chi connectivity index (χ1n) is 10.5. The Balaban J connectivity index is 1.59. The van der Waals surface area contributed by atoms with Crippen molar-refractivity contribution < 1.29 is 4.74 Å². The SMILES string of the molecule is COc1cc2c(cc1-n1c(C)nnc1C)[nH]c1nc(C)nc(Nc3cnn4ccccc34)c12. The second-order valence-electron chi connectivity index (χ2n) is 7.88. The molecule has 0 aliphatic heterocycles.